The van der Waals surface area contributed by atoms with Crippen LogP contribution in [-0.4, -0.2) is 29.9 Å². The third kappa shape index (κ3) is 1.93. The minimum Gasteiger partial charge on any atom is -0.337 e. The quantitative estimate of drug-likeness (QED) is 0.851. The van der Waals surface area contributed by atoms with Crippen molar-refractivity contribution >= 4 is 17.2 Å². The van der Waals surface area contributed by atoms with Crippen molar-refractivity contribution in [1.82, 2.24) is 10.2 Å². The van der Waals surface area contributed by atoms with Gasteiger partial charge in [-0.1, -0.05) is 6.42 Å². The van der Waals surface area contributed by atoms with Crippen molar-refractivity contribution < 1.29 is 4.79 Å². The smallest absolute Gasteiger partial charge is 0.240 e. The van der Waals surface area contributed by atoms with E-state index in [2.05, 4.69) is 21.7 Å². The molecule has 1 N–H and O–H groups in total. The van der Waals surface area contributed by atoms with E-state index in [0.717, 1.165) is 32.0 Å². The zero-order valence-electron chi connectivity index (χ0n) is 11.1. The number of amides is 1. The molecule has 3 unspecified atom stereocenters. The zero-order valence-corrected chi connectivity index (χ0v) is 11.9. The van der Waals surface area contributed by atoms with Crippen LogP contribution >= 0.6 is 11.3 Å². The van der Waals surface area contributed by atoms with Gasteiger partial charge in [-0.2, -0.15) is 0 Å². The summed E-state index contributed by atoms with van der Waals surface area (Å²) in [5.74, 6) is 1.72. The molecule has 1 saturated heterocycles. The van der Waals surface area contributed by atoms with Crippen molar-refractivity contribution in [1.29, 1.82) is 0 Å². The van der Waals surface area contributed by atoms with Crippen LogP contribution in [0, 0.1) is 11.8 Å². The molecule has 2 aliphatic heterocycles. The Hall–Kier alpha value is -0.870. The lowest BCUT2D eigenvalue weighted by Gasteiger charge is -2.31. The molecule has 0 radical (unpaired) electrons. The highest BCUT2D eigenvalue weighted by molar-refractivity contribution is 7.10. The summed E-state index contributed by atoms with van der Waals surface area (Å²) in [6.45, 7) is 2.79. The van der Waals surface area contributed by atoms with Crippen LogP contribution in [0.2, 0.25) is 0 Å². The molecule has 3 aliphatic rings. The maximum Gasteiger partial charge on any atom is 0.240 e. The van der Waals surface area contributed by atoms with E-state index in [1.165, 1.54) is 29.7 Å². The molecule has 0 spiro atoms. The maximum absolute atomic E-state index is 12.7. The summed E-state index contributed by atoms with van der Waals surface area (Å²) in [5.41, 5.74) is 1.37. The molecule has 1 aromatic heterocycles. The Bertz CT molecular complexity index is 498. The summed E-state index contributed by atoms with van der Waals surface area (Å²) >= 11 is 1.83. The van der Waals surface area contributed by atoms with Crippen LogP contribution in [0.4, 0.5) is 0 Å². The van der Waals surface area contributed by atoms with E-state index in [4.69, 9.17) is 0 Å². The third-order valence-electron chi connectivity index (χ3n) is 5.13. The van der Waals surface area contributed by atoms with E-state index in [0.29, 0.717) is 11.8 Å². The van der Waals surface area contributed by atoms with Crippen molar-refractivity contribution in [2.24, 2.45) is 11.8 Å². The molecule has 1 saturated carbocycles. The Morgan fingerprint density at radius 3 is 3.32 bits per heavy atom. The number of hydrogen-bond acceptors (Lipinski definition) is 3. The number of thiophene rings is 1. The van der Waals surface area contributed by atoms with E-state index in [1.54, 1.807) is 0 Å². The number of rotatable bonds is 1. The van der Waals surface area contributed by atoms with Crippen LogP contribution in [0.15, 0.2) is 11.4 Å². The Morgan fingerprint density at radius 1 is 1.42 bits per heavy atom. The monoisotopic (exact) mass is 276 g/mol. The first kappa shape index (κ1) is 11.9. The molecular formula is C15H20N2OS. The van der Waals surface area contributed by atoms with Crippen LogP contribution in [0.25, 0.3) is 0 Å². The molecule has 1 amide bonds. The zero-order chi connectivity index (χ0) is 12.8. The van der Waals surface area contributed by atoms with Crippen molar-refractivity contribution in [3.05, 3.63) is 21.9 Å². The highest BCUT2D eigenvalue weighted by atomic mass is 32.1. The van der Waals surface area contributed by atoms with Crippen LogP contribution in [0.3, 0.4) is 0 Å². The molecule has 3 atom stereocenters. The first-order chi connectivity index (χ1) is 9.33. The number of nitrogens with one attached hydrogen (secondary N) is 1. The van der Waals surface area contributed by atoms with Gasteiger partial charge in [-0.3, -0.25) is 4.79 Å². The number of carbonyl (C=O) groups excluding carboxylic acids is 1. The highest BCUT2D eigenvalue weighted by Crippen LogP contribution is 2.38. The highest BCUT2D eigenvalue weighted by Gasteiger charge is 2.44. The van der Waals surface area contributed by atoms with Crippen LogP contribution in [-0.2, 0) is 17.8 Å². The van der Waals surface area contributed by atoms with Crippen LogP contribution in [0.1, 0.15) is 29.7 Å². The first-order valence-corrected chi connectivity index (χ1v) is 8.28. The van der Waals surface area contributed by atoms with Crippen molar-refractivity contribution in [2.75, 3.05) is 13.1 Å². The molecule has 0 aromatic carbocycles. The maximum atomic E-state index is 12.7. The lowest BCUT2D eigenvalue weighted by Crippen LogP contribution is -2.47. The van der Waals surface area contributed by atoms with Gasteiger partial charge in [0.05, 0.1) is 6.04 Å². The average Bonchev–Trinajstić information content (AvgIpc) is 3.12. The Morgan fingerprint density at radius 2 is 2.37 bits per heavy atom. The number of hydrogen-bond donors (Lipinski definition) is 1. The van der Waals surface area contributed by atoms with Gasteiger partial charge in [-0.15, -0.1) is 11.3 Å². The molecule has 4 rings (SSSR count). The second-order valence-corrected chi connectivity index (χ2v) is 7.12. The molecule has 19 heavy (non-hydrogen) atoms. The second-order valence-electron chi connectivity index (χ2n) is 6.12. The summed E-state index contributed by atoms with van der Waals surface area (Å²) in [6, 6.07) is 2.28. The van der Waals surface area contributed by atoms with Gasteiger partial charge in [0.25, 0.3) is 0 Å². The van der Waals surface area contributed by atoms with Crippen LogP contribution in [0.5, 0.6) is 0 Å². The van der Waals surface area contributed by atoms with Gasteiger partial charge in [0.2, 0.25) is 5.91 Å². The van der Waals surface area contributed by atoms with E-state index >= 15 is 0 Å². The number of fused-ring (bicyclic) bond motifs is 2. The van der Waals surface area contributed by atoms with Gasteiger partial charge in [-0.05, 0) is 54.7 Å². The second kappa shape index (κ2) is 4.60. The third-order valence-corrected chi connectivity index (χ3v) is 6.15. The fourth-order valence-corrected chi connectivity index (χ4v) is 4.98. The first-order valence-electron chi connectivity index (χ1n) is 7.40. The fourth-order valence-electron chi connectivity index (χ4n) is 4.09. The molecule has 0 bridgehead atoms. The van der Waals surface area contributed by atoms with Crippen molar-refractivity contribution in [2.45, 2.75) is 38.3 Å². The van der Waals surface area contributed by atoms with E-state index in [9.17, 15) is 4.79 Å². The Kier molecular flexibility index (Phi) is 2.88. The number of nitrogens with zero attached hydrogens (tertiary/aromatic N) is 1. The minimum atomic E-state index is 0.104. The van der Waals surface area contributed by atoms with Crippen molar-refractivity contribution in [3.8, 4) is 0 Å². The summed E-state index contributed by atoms with van der Waals surface area (Å²) in [5, 5.41) is 5.64. The predicted molar refractivity (Wildman–Crippen MR) is 76.1 cm³/mol. The summed E-state index contributed by atoms with van der Waals surface area (Å²) in [6.07, 6.45) is 4.91. The largest absolute Gasteiger partial charge is 0.337 e. The molecule has 2 fully saturated rings. The topological polar surface area (TPSA) is 32.3 Å². The van der Waals surface area contributed by atoms with Gasteiger partial charge < -0.3 is 10.2 Å². The van der Waals surface area contributed by atoms with Gasteiger partial charge in [-0.25, -0.2) is 0 Å². The standard InChI is InChI=1S/C15H20N2OS/c18-15(14-12-3-1-2-10(12)8-16-14)17-6-4-13-11(9-17)5-7-19-13/h5,7,10,12,14,16H,1-4,6,8-9H2. The molecule has 1 aromatic rings. The molecule has 4 heteroatoms. The van der Waals surface area contributed by atoms with E-state index in [-0.39, 0.29) is 6.04 Å². The van der Waals surface area contributed by atoms with Gasteiger partial charge >= 0.3 is 0 Å². The summed E-state index contributed by atoms with van der Waals surface area (Å²) in [7, 11) is 0. The molecule has 102 valence electrons. The van der Waals surface area contributed by atoms with Gasteiger partial charge in [0.15, 0.2) is 0 Å². The van der Waals surface area contributed by atoms with Crippen molar-refractivity contribution in [3.63, 3.8) is 0 Å². The average molecular weight is 276 g/mol. The SMILES string of the molecule is O=C(C1NCC2CCCC21)N1CCc2sccc2C1. The predicted octanol–water partition coefficient (Wildman–Crippen LogP) is 2.02. The lowest BCUT2D eigenvalue weighted by molar-refractivity contribution is -0.135. The van der Waals surface area contributed by atoms with Gasteiger partial charge in [0.1, 0.15) is 0 Å². The van der Waals surface area contributed by atoms with E-state index in [1.807, 2.05) is 11.3 Å². The normalized spacial score (nSPS) is 33.3. The molecule has 3 heterocycles. The summed E-state index contributed by atoms with van der Waals surface area (Å²) < 4.78 is 0. The lowest BCUT2D eigenvalue weighted by atomic mass is 9.93. The van der Waals surface area contributed by atoms with Gasteiger partial charge in [0, 0.05) is 18.0 Å². The Labute approximate surface area is 118 Å². The molecule has 3 nitrogen and oxygen atoms in total. The number of carbonyl (C=O) groups is 1. The Balaban J connectivity index is 1.49. The molecular weight excluding hydrogens is 256 g/mol. The van der Waals surface area contributed by atoms with Crippen LogP contribution < -0.4 is 5.32 Å². The van der Waals surface area contributed by atoms with E-state index < -0.39 is 0 Å². The summed E-state index contributed by atoms with van der Waals surface area (Å²) in [4.78, 5) is 16.3. The molecule has 1 aliphatic carbocycles. The minimum absolute atomic E-state index is 0.104. The fraction of sp³-hybridized carbons (Fsp3) is 0.667.